The molecule has 0 aliphatic heterocycles. The van der Waals surface area contributed by atoms with Crippen molar-refractivity contribution in [2.75, 3.05) is 0 Å². The van der Waals surface area contributed by atoms with Crippen LogP contribution in [0.25, 0.3) is 0 Å². The lowest BCUT2D eigenvalue weighted by Crippen LogP contribution is -2.54. The predicted octanol–water partition coefficient (Wildman–Crippen LogP) is 6.83. The standard InChI is InChI=1S/C27H46F2O2/c1-17(10-15-27(28,29)24(2,3)31)21-8-9-22-20-7-6-18-16-19(30)11-13-25(18,4)23(20)12-14-26(21,22)5/h17-23,30-31H,6-16H2,1-5H3/t17-,18-,19-,20+,21-,22+,23+,25+,26-/m1/s1. The maximum absolute atomic E-state index is 14.4. The van der Waals surface area contributed by atoms with E-state index in [4.69, 9.17) is 0 Å². The third kappa shape index (κ3) is 3.90. The van der Waals surface area contributed by atoms with Crippen molar-refractivity contribution in [3.05, 3.63) is 0 Å². The molecule has 0 saturated heterocycles. The molecule has 4 rings (SSSR count). The summed E-state index contributed by atoms with van der Waals surface area (Å²) in [5.74, 6) is 0.748. The van der Waals surface area contributed by atoms with Crippen molar-refractivity contribution in [3.8, 4) is 0 Å². The van der Waals surface area contributed by atoms with Crippen LogP contribution in [0.2, 0.25) is 0 Å². The van der Waals surface area contributed by atoms with Gasteiger partial charge in [-0.05, 0) is 124 Å². The van der Waals surface area contributed by atoms with Gasteiger partial charge in [-0.1, -0.05) is 20.8 Å². The molecule has 2 nitrogen and oxygen atoms in total. The van der Waals surface area contributed by atoms with Gasteiger partial charge in [-0.2, -0.15) is 0 Å². The SMILES string of the molecule is C[C@H](CCC(F)(F)C(C)(C)O)[C@H]1CC[C@H]2[C@@H]3CC[C@@H]4C[C@H](O)CC[C@]4(C)[C@H]3CC[C@]12C. The van der Waals surface area contributed by atoms with E-state index in [9.17, 15) is 19.0 Å². The molecule has 0 spiro atoms. The van der Waals surface area contributed by atoms with Gasteiger partial charge in [-0.25, -0.2) is 8.78 Å². The first-order chi connectivity index (χ1) is 14.3. The number of hydrogen-bond donors (Lipinski definition) is 2. The van der Waals surface area contributed by atoms with Gasteiger partial charge in [0, 0.05) is 6.42 Å². The van der Waals surface area contributed by atoms with E-state index in [-0.39, 0.29) is 23.9 Å². The molecule has 0 radical (unpaired) electrons. The summed E-state index contributed by atoms with van der Waals surface area (Å²) >= 11 is 0. The van der Waals surface area contributed by atoms with Crippen LogP contribution < -0.4 is 0 Å². The minimum absolute atomic E-state index is 0.0952. The summed E-state index contributed by atoms with van der Waals surface area (Å²) in [6.45, 7) is 9.65. The van der Waals surface area contributed by atoms with E-state index >= 15 is 0 Å². The highest BCUT2D eigenvalue weighted by Gasteiger charge is 2.60. The highest BCUT2D eigenvalue weighted by Crippen LogP contribution is 2.68. The second-order valence-electron chi connectivity index (χ2n) is 13.1. The van der Waals surface area contributed by atoms with E-state index in [0.29, 0.717) is 23.7 Å². The van der Waals surface area contributed by atoms with Crippen molar-refractivity contribution >= 4 is 0 Å². The first-order valence-electron chi connectivity index (χ1n) is 13.1. The minimum Gasteiger partial charge on any atom is -0.393 e. The third-order valence-electron chi connectivity index (χ3n) is 11.2. The normalized spacial score (nSPS) is 46.7. The Morgan fingerprint density at radius 3 is 2.26 bits per heavy atom. The zero-order valence-electron chi connectivity index (χ0n) is 20.5. The third-order valence-corrected chi connectivity index (χ3v) is 11.2. The van der Waals surface area contributed by atoms with E-state index in [1.165, 1.54) is 58.8 Å². The van der Waals surface area contributed by atoms with E-state index < -0.39 is 11.5 Å². The summed E-state index contributed by atoms with van der Waals surface area (Å²) in [6, 6.07) is 0. The maximum atomic E-state index is 14.4. The molecule has 0 aromatic heterocycles. The lowest BCUT2D eigenvalue weighted by molar-refractivity contribution is -0.168. The molecule has 4 fully saturated rings. The Hall–Kier alpha value is -0.220. The molecule has 31 heavy (non-hydrogen) atoms. The molecule has 0 aromatic rings. The fraction of sp³-hybridized carbons (Fsp3) is 1.00. The quantitative estimate of drug-likeness (QED) is 0.492. The van der Waals surface area contributed by atoms with Gasteiger partial charge in [0.1, 0.15) is 5.60 Å². The molecular formula is C27H46F2O2. The van der Waals surface area contributed by atoms with Gasteiger partial charge in [0.05, 0.1) is 6.10 Å². The molecule has 0 amide bonds. The number of rotatable bonds is 5. The van der Waals surface area contributed by atoms with Crippen molar-refractivity contribution in [1.29, 1.82) is 0 Å². The van der Waals surface area contributed by atoms with Crippen LogP contribution in [0.1, 0.15) is 105 Å². The summed E-state index contributed by atoms with van der Waals surface area (Å²) < 4.78 is 28.8. The Bertz CT molecular complexity index is 658. The number of aliphatic hydroxyl groups excluding tert-OH is 1. The van der Waals surface area contributed by atoms with Gasteiger partial charge < -0.3 is 10.2 Å². The topological polar surface area (TPSA) is 40.5 Å². The molecule has 0 unspecified atom stereocenters. The van der Waals surface area contributed by atoms with Crippen LogP contribution in [0.4, 0.5) is 8.78 Å². The van der Waals surface area contributed by atoms with Crippen molar-refractivity contribution in [2.24, 2.45) is 46.3 Å². The highest BCUT2D eigenvalue weighted by molar-refractivity contribution is 5.09. The van der Waals surface area contributed by atoms with Crippen molar-refractivity contribution < 1.29 is 19.0 Å². The molecular weight excluding hydrogens is 394 g/mol. The Labute approximate surface area is 188 Å². The second-order valence-corrected chi connectivity index (χ2v) is 13.1. The highest BCUT2D eigenvalue weighted by atomic mass is 19.3. The van der Waals surface area contributed by atoms with E-state index in [0.717, 1.165) is 30.6 Å². The number of aliphatic hydroxyl groups is 2. The van der Waals surface area contributed by atoms with Gasteiger partial charge in [-0.15, -0.1) is 0 Å². The summed E-state index contributed by atoms with van der Waals surface area (Å²) in [7, 11) is 0. The van der Waals surface area contributed by atoms with Gasteiger partial charge in [0.2, 0.25) is 0 Å². The monoisotopic (exact) mass is 440 g/mol. The Kier molecular flexibility index (Phi) is 6.12. The first-order valence-corrected chi connectivity index (χ1v) is 13.1. The molecule has 9 atom stereocenters. The molecule has 2 N–H and O–H groups in total. The van der Waals surface area contributed by atoms with Gasteiger partial charge in [0.25, 0.3) is 5.92 Å². The van der Waals surface area contributed by atoms with E-state index in [1.54, 1.807) is 0 Å². The van der Waals surface area contributed by atoms with Crippen molar-refractivity contribution in [1.82, 2.24) is 0 Å². The fourth-order valence-corrected chi connectivity index (χ4v) is 9.13. The zero-order chi connectivity index (χ0) is 22.8. The minimum atomic E-state index is -3.03. The fourth-order valence-electron chi connectivity index (χ4n) is 9.13. The number of alkyl halides is 2. The number of fused-ring (bicyclic) bond motifs is 5. The molecule has 0 heterocycles. The molecule has 4 aliphatic carbocycles. The average Bonchev–Trinajstić information content (AvgIpc) is 3.03. The average molecular weight is 441 g/mol. The Balaban J connectivity index is 1.46. The predicted molar refractivity (Wildman–Crippen MR) is 121 cm³/mol. The Morgan fingerprint density at radius 2 is 1.58 bits per heavy atom. The van der Waals surface area contributed by atoms with Crippen LogP contribution in [0.15, 0.2) is 0 Å². The zero-order valence-corrected chi connectivity index (χ0v) is 20.5. The van der Waals surface area contributed by atoms with Crippen LogP contribution in [-0.4, -0.2) is 27.8 Å². The summed E-state index contributed by atoms with van der Waals surface area (Å²) in [5, 5.41) is 20.1. The second kappa shape index (κ2) is 7.93. The summed E-state index contributed by atoms with van der Waals surface area (Å²) in [4.78, 5) is 0. The van der Waals surface area contributed by atoms with E-state index in [2.05, 4.69) is 20.8 Å². The van der Waals surface area contributed by atoms with Crippen LogP contribution in [-0.2, 0) is 0 Å². The van der Waals surface area contributed by atoms with Gasteiger partial charge in [0.15, 0.2) is 0 Å². The van der Waals surface area contributed by atoms with Gasteiger partial charge in [-0.3, -0.25) is 0 Å². The maximum Gasteiger partial charge on any atom is 0.275 e. The lowest BCUT2D eigenvalue weighted by atomic mass is 9.44. The Morgan fingerprint density at radius 1 is 0.935 bits per heavy atom. The number of hydrogen-bond acceptors (Lipinski definition) is 2. The smallest absolute Gasteiger partial charge is 0.275 e. The molecule has 4 heteroatoms. The molecule has 0 aromatic carbocycles. The summed E-state index contributed by atoms with van der Waals surface area (Å²) in [5.41, 5.74) is -1.28. The molecule has 0 bridgehead atoms. The first kappa shape index (κ1) is 23.9. The lowest BCUT2D eigenvalue weighted by Gasteiger charge is -2.61. The van der Waals surface area contributed by atoms with Crippen LogP contribution in [0, 0.1) is 46.3 Å². The van der Waals surface area contributed by atoms with Crippen LogP contribution in [0.5, 0.6) is 0 Å². The van der Waals surface area contributed by atoms with Crippen LogP contribution >= 0.6 is 0 Å². The number of halogens is 2. The van der Waals surface area contributed by atoms with Crippen molar-refractivity contribution in [2.45, 2.75) is 123 Å². The molecule has 180 valence electrons. The molecule has 4 aliphatic rings. The van der Waals surface area contributed by atoms with Crippen molar-refractivity contribution in [3.63, 3.8) is 0 Å². The van der Waals surface area contributed by atoms with E-state index in [1.807, 2.05) is 0 Å². The van der Waals surface area contributed by atoms with Crippen LogP contribution in [0.3, 0.4) is 0 Å². The van der Waals surface area contributed by atoms with Gasteiger partial charge >= 0.3 is 0 Å². The largest absolute Gasteiger partial charge is 0.393 e. The summed E-state index contributed by atoms with van der Waals surface area (Å²) in [6.07, 6.45) is 10.8. The molecule has 4 saturated carbocycles.